The Morgan fingerprint density at radius 3 is 2.29 bits per heavy atom. The third-order valence-electron chi connectivity index (χ3n) is 1.95. The number of carbonyl (C=O) groups is 1. The van der Waals surface area contributed by atoms with Crippen LogP contribution in [-0.2, 0) is 10.1 Å². The minimum atomic E-state index is -4.25. The van der Waals surface area contributed by atoms with Crippen LogP contribution < -0.4 is 0 Å². The number of aryl methyl sites for hydroxylation is 1. The number of rotatable bonds is 2. The van der Waals surface area contributed by atoms with Crippen molar-refractivity contribution in [2.75, 3.05) is 0 Å². The highest BCUT2D eigenvalue weighted by Crippen LogP contribution is 2.19. The second-order valence-corrected chi connectivity index (χ2v) is 4.46. The first kappa shape index (κ1) is 10.9. The maximum absolute atomic E-state index is 10.9. The van der Waals surface area contributed by atoms with E-state index < -0.39 is 10.1 Å². The van der Waals surface area contributed by atoms with Crippen molar-refractivity contribution >= 4 is 16.4 Å². The van der Waals surface area contributed by atoms with Crippen LogP contribution in [0.1, 0.15) is 21.5 Å². The standard InChI is InChI=1S/C9H10O4S/c1-6-3-8(5-10)7(2)9(4-6)14(11,12)13/h3-5H,1-2H3,(H,11,12,13). The highest BCUT2D eigenvalue weighted by atomic mass is 32.2. The molecule has 1 rings (SSSR count). The van der Waals surface area contributed by atoms with E-state index in [0.717, 1.165) is 0 Å². The van der Waals surface area contributed by atoms with Crippen LogP contribution in [0.3, 0.4) is 0 Å². The topological polar surface area (TPSA) is 71.4 Å². The van der Waals surface area contributed by atoms with Crippen molar-refractivity contribution in [1.82, 2.24) is 0 Å². The van der Waals surface area contributed by atoms with Gasteiger partial charge < -0.3 is 0 Å². The zero-order valence-electron chi connectivity index (χ0n) is 7.81. The molecule has 0 aliphatic heterocycles. The van der Waals surface area contributed by atoms with Gasteiger partial charge in [-0.25, -0.2) is 0 Å². The van der Waals surface area contributed by atoms with E-state index in [2.05, 4.69) is 0 Å². The zero-order valence-corrected chi connectivity index (χ0v) is 8.63. The van der Waals surface area contributed by atoms with Gasteiger partial charge in [-0.2, -0.15) is 8.42 Å². The number of hydrogen-bond donors (Lipinski definition) is 1. The van der Waals surface area contributed by atoms with Crippen LogP contribution in [0.2, 0.25) is 0 Å². The van der Waals surface area contributed by atoms with Gasteiger partial charge in [0.25, 0.3) is 10.1 Å². The fraction of sp³-hybridized carbons (Fsp3) is 0.222. The molecule has 0 aliphatic rings. The molecule has 0 radical (unpaired) electrons. The monoisotopic (exact) mass is 214 g/mol. The zero-order chi connectivity index (χ0) is 10.9. The van der Waals surface area contributed by atoms with Crippen LogP contribution in [0.25, 0.3) is 0 Å². The van der Waals surface area contributed by atoms with E-state index in [9.17, 15) is 13.2 Å². The fourth-order valence-electron chi connectivity index (χ4n) is 1.24. The lowest BCUT2D eigenvalue weighted by Crippen LogP contribution is -2.04. The molecule has 0 atom stereocenters. The van der Waals surface area contributed by atoms with Gasteiger partial charge in [0.05, 0.1) is 4.90 Å². The minimum Gasteiger partial charge on any atom is -0.298 e. The molecule has 0 heterocycles. The minimum absolute atomic E-state index is 0.209. The second-order valence-electron chi connectivity index (χ2n) is 3.07. The molecule has 0 bridgehead atoms. The third kappa shape index (κ3) is 2.00. The average Bonchev–Trinajstić information content (AvgIpc) is 2.06. The lowest BCUT2D eigenvalue weighted by atomic mass is 10.1. The van der Waals surface area contributed by atoms with Crippen LogP contribution in [-0.4, -0.2) is 19.3 Å². The molecule has 5 heteroatoms. The Morgan fingerprint density at radius 1 is 1.29 bits per heavy atom. The maximum Gasteiger partial charge on any atom is 0.294 e. The molecule has 0 aliphatic carbocycles. The van der Waals surface area contributed by atoms with E-state index >= 15 is 0 Å². The fourth-order valence-corrected chi connectivity index (χ4v) is 2.08. The summed E-state index contributed by atoms with van der Waals surface area (Å²) in [6.07, 6.45) is 0.566. The van der Waals surface area contributed by atoms with Crippen molar-refractivity contribution in [2.24, 2.45) is 0 Å². The highest BCUT2D eigenvalue weighted by molar-refractivity contribution is 7.85. The molecule has 1 N–H and O–H groups in total. The first-order valence-electron chi connectivity index (χ1n) is 3.90. The Morgan fingerprint density at radius 2 is 1.86 bits per heavy atom. The summed E-state index contributed by atoms with van der Waals surface area (Å²) in [5.41, 5.74) is 1.16. The summed E-state index contributed by atoms with van der Waals surface area (Å²) in [4.78, 5) is 10.4. The van der Waals surface area contributed by atoms with Crippen molar-refractivity contribution in [2.45, 2.75) is 18.7 Å². The number of hydrogen-bond acceptors (Lipinski definition) is 3. The van der Waals surface area contributed by atoms with E-state index in [4.69, 9.17) is 4.55 Å². The molecule has 4 nitrogen and oxygen atoms in total. The Bertz CT molecular complexity index is 474. The van der Waals surface area contributed by atoms with E-state index in [0.29, 0.717) is 11.8 Å². The van der Waals surface area contributed by atoms with Gasteiger partial charge in [0.15, 0.2) is 0 Å². The predicted octanol–water partition coefficient (Wildman–Crippen LogP) is 1.36. The molecule has 0 unspecified atom stereocenters. The van der Waals surface area contributed by atoms with Gasteiger partial charge in [-0.3, -0.25) is 9.35 Å². The quantitative estimate of drug-likeness (QED) is 0.596. The predicted molar refractivity (Wildman–Crippen MR) is 51.1 cm³/mol. The second kappa shape index (κ2) is 3.51. The van der Waals surface area contributed by atoms with Gasteiger partial charge in [0, 0.05) is 5.56 Å². The molecule has 0 fully saturated rings. The number of carbonyl (C=O) groups excluding carboxylic acids is 1. The number of benzene rings is 1. The molecule has 0 spiro atoms. The van der Waals surface area contributed by atoms with Crippen molar-refractivity contribution in [3.63, 3.8) is 0 Å². The van der Waals surface area contributed by atoms with Crippen LogP contribution in [0.15, 0.2) is 17.0 Å². The summed E-state index contributed by atoms with van der Waals surface area (Å²) in [7, 11) is -4.25. The summed E-state index contributed by atoms with van der Waals surface area (Å²) < 4.78 is 30.7. The molecule has 1 aromatic carbocycles. The van der Waals surface area contributed by atoms with Crippen molar-refractivity contribution in [1.29, 1.82) is 0 Å². The number of aldehydes is 1. The average molecular weight is 214 g/mol. The van der Waals surface area contributed by atoms with Crippen LogP contribution in [0, 0.1) is 13.8 Å². The van der Waals surface area contributed by atoms with E-state index in [-0.39, 0.29) is 16.0 Å². The van der Waals surface area contributed by atoms with Crippen LogP contribution in [0.5, 0.6) is 0 Å². The van der Waals surface area contributed by atoms with Crippen LogP contribution in [0.4, 0.5) is 0 Å². The van der Waals surface area contributed by atoms with Gasteiger partial charge in [-0.1, -0.05) is 0 Å². The summed E-state index contributed by atoms with van der Waals surface area (Å²) in [5.74, 6) is 0. The largest absolute Gasteiger partial charge is 0.298 e. The van der Waals surface area contributed by atoms with E-state index in [1.807, 2.05) is 0 Å². The Balaban J connectivity index is 3.61. The lowest BCUT2D eigenvalue weighted by molar-refractivity contribution is 0.112. The van der Waals surface area contributed by atoms with E-state index in [1.54, 1.807) is 13.0 Å². The Labute approximate surface area is 82.3 Å². The molecule has 0 amide bonds. The molecule has 1 aromatic rings. The molecular weight excluding hydrogens is 204 g/mol. The van der Waals surface area contributed by atoms with Crippen molar-refractivity contribution in [3.8, 4) is 0 Å². The molecule has 14 heavy (non-hydrogen) atoms. The van der Waals surface area contributed by atoms with Gasteiger partial charge in [-0.15, -0.1) is 0 Å². The summed E-state index contributed by atoms with van der Waals surface area (Å²) in [6, 6.07) is 2.90. The van der Waals surface area contributed by atoms with E-state index in [1.165, 1.54) is 13.0 Å². The van der Waals surface area contributed by atoms with Gasteiger partial charge in [0.1, 0.15) is 6.29 Å². The molecule has 76 valence electrons. The van der Waals surface area contributed by atoms with Crippen molar-refractivity contribution < 1.29 is 17.8 Å². The molecule has 0 saturated heterocycles. The summed E-state index contributed by atoms with van der Waals surface area (Å²) in [6.45, 7) is 3.13. The van der Waals surface area contributed by atoms with Crippen LogP contribution >= 0.6 is 0 Å². The summed E-state index contributed by atoms with van der Waals surface area (Å²) >= 11 is 0. The van der Waals surface area contributed by atoms with Gasteiger partial charge in [0.2, 0.25) is 0 Å². The normalized spacial score (nSPS) is 11.4. The van der Waals surface area contributed by atoms with Gasteiger partial charge >= 0.3 is 0 Å². The van der Waals surface area contributed by atoms with Crippen molar-refractivity contribution in [3.05, 3.63) is 28.8 Å². The SMILES string of the molecule is Cc1cc(C=O)c(C)c(S(=O)(=O)O)c1. The third-order valence-corrected chi connectivity index (χ3v) is 2.93. The molecule has 0 saturated carbocycles. The lowest BCUT2D eigenvalue weighted by Gasteiger charge is -2.06. The maximum atomic E-state index is 10.9. The highest BCUT2D eigenvalue weighted by Gasteiger charge is 2.15. The summed E-state index contributed by atoms with van der Waals surface area (Å²) in [5, 5.41) is 0. The smallest absolute Gasteiger partial charge is 0.294 e. The van der Waals surface area contributed by atoms with Gasteiger partial charge in [-0.05, 0) is 37.1 Å². The Hall–Kier alpha value is -1.20. The molecule has 0 aromatic heterocycles. The first-order valence-corrected chi connectivity index (χ1v) is 5.34. The first-order chi connectivity index (χ1) is 6.36. The molecular formula is C9H10O4S. The Kier molecular flexibility index (Phi) is 2.73.